The van der Waals surface area contributed by atoms with E-state index < -0.39 is 134 Å². The number of aliphatic carboxylic acids is 2. The molecule has 0 fully saturated rings. The molecule has 0 bridgehead atoms. The smallest absolute Gasteiger partial charge is 0.328 e. The first kappa shape index (κ1) is 51.4. The van der Waals surface area contributed by atoms with Crippen LogP contribution in [0.5, 0.6) is 5.75 Å². The van der Waals surface area contributed by atoms with E-state index in [0.29, 0.717) is 5.56 Å². The van der Waals surface area contributed by atoms with Crippen LogP contribution < -0.4 is 54.8 Å². The number of guanidine groups is 1. The number of nitrogens with two attached hydrogens (primary N) is 4. The van der Waals surface area contributed by atoms with Crippen LogP contribution in [0.4, 0.5) is 0 Å². The summed E-state index contributed by atoms with van der Waals surface area (Å²) in [5.74, 6) is -11.2. The first-order valence-corrected chi connectivity index (χ1v) is 18.1. The average molecular weight is 856 g/mol. The minimum atomic E-state index is -1.82. The number of rotatable bonds is 27. The van der Waals surface area contributed by atoms with Gasteiger partial charge >= 0.3 is 11.9 Å². The number of aliphatic hydroxyl groups excluding tert-OH is 3. The molecular formula is C34H53N11O15. The van der Waals surface area contributed by atoms with Gasteiger partial charge in [0.25, 0.3) is 0 Å². The lowest BCUT2D eigenvalue weighted by Gasteiger charge is -2.28. The lowest BCUT2D eigenvalue weighted by atomic mass is 10.0. The van der Waals surface area contributed by atoms with Gasteiger partial charge in [0.2, 0.25) is 41.4 Å². The lowest BCUT2D eigenvalue weighted by molar-refractivity contribution is -0.143. The number of aromatic hydroxyl groups is 1. The Morgan fingerprint density at radius 1 is 0.667 bits per heavy atom. The van der Waals surface area contributed by atoms with Gasteiger partial charge in [-0.3, -0.25) is 43.3 Å². The third kappa shape index (κ3) is 18.7. The molecule has 0 spiro atoms. The number of aliphatic hydroxyl groups is 3. The van der Waals surface area contributed by atoms with Gasteiger partial charge in [-0.15, -0.1) is 0 Å². The van der Waals surface area contributed by atoms with Crippen LogP contribution in [-0.4, -0.2) is 158 Å². The maximum absolute atomic E-state index is 13.9. The van der Waals surface area contributed by atoms with Crippen LogP contribution in [0.2, 0.25) is 0 Å². The van der Waals surface area contributed by atoms with Crippen LogP contribution >= 0.6 is 0 Å². The molecule has 0 aliphatic carbocycles. The van der Waals surface area contributed by atoms with E-state index in [1.807, 2.05) is 5.32 Å². The number of nitrogens with zero attached hydrogens (tertiary/aromatic N) is 1. The number of benzene rings is 1. The van der Waals surface area contributed by atoms with Crippen molar-refractivity contribution in [2.45, 2.75) is 93.8 Å². The molecule has 20 N–H and O–H groups in total. The molecule has 1 aromatic rings. The van der Waals surface area contributed by atoms with Gasteiger partial charge in [0.05, 0.1) is 31.8 Å². The molecule has 8 atom stereocenters. The van der Waals surface area contributed by atoms with Gasteiger partial charge in [-0.2, -0.15) is 0 Å². The topological polar surface area (TPSA) is 464 Å². The van der Waals surface area contributed by atoms with Crippen molar-refractivity contribution < 1.29 is 73.8 Å². The summed E-state index contributed by atoms with van der Waals surface area (Å²) in [6, 6.07) is -6.59. The fourth-order valence-electron chi connectivity index (χ4n) is 5.08. The Labute approximate surface area is 341 Å². The molecule has 0 aromatic heterocycles. The Morgan fingerprint density at radius 2 is 1.15 bits per heavy atom. The Bertz CT molecular complexity index is 1710. The lowest BCUT2D eigenvalue weighted by Crippen LogP contribution is -2.61. The van der Waals surface area contributed by atoms with Crippen LogP contribution in [-0.2, 0) is 49.6 Å². The molecule has 1 rings (SSSR count). The largest absolute Gasteiger partial charge is 0.508 e. The quantitative estimate of drug-likeness (QED) is 0.0222. The summed E-state index contributed by atoms with van der Waals surface area (Å²) < 4.78 is 0. The molecule has 7 amide bonds. The Kier molecular flexibility index (Phi) is 22.0. The highest BCUT2D eigenvalue weighted by Gasteiger charge is 2.35. The summed E-state index contributed by atoms with van der Waals surface area (Å²) in [7, 11) is 0. The van der Waals surface area contributed by atoms with Gasteiger partial charge in [-0.1, -0.05) is 12.1 Å². The number of carbonyl (C=O) groups is 9. The standard InChI is InChI=1S/C34H53N11O15/c1-15(48)26(45-27(53)18(35)12-25(51)52)32(58)41-19(3-2-10-39-34(37)38)28(54)42-21(11-16-4-6-17(49)7-5-16)30(56)40-20(8-9-24(36)50)29(55)43-22(13-46)31(57)44-23(14-47)33(59)60/h4-7,15,18-23,26,46-49H,2-3,8-14,35H2,1H3,(H2,36,50)(H,40,56)(H,41,58)(H,42,54)(H,43,55)(H,44,57)(H,45,53)(H,51,52)(H,59,60)(H4,37,38,39)/t15-,18+,19+,20+,21+,22+,23+,26+/m1/s1. The van der Waals surface area contributed by atoms with Gasteiger partial charge in [-0.25, -0.2) is 4.79 Å². The Morgan fingerprint density at radius 3 is 1.65 bits per heavy atom. The molecule has 0 saturated heterocycles. The molecular weight excluding hydrogens is 802 g/mol. The van der Waals surface area contributed by atoms with E-state index >= 15 is 0 Å². The molecule has 1 aromatic carbocycles. The van der Waals surface area contributed by atoms with E-state index in [1.165, 1.54) is 24.3 Å². The van der Waals surface area contributed by atoms with Crippen molar-refractivity contribution in [3.8, 4) is 5.75 Å². The summed E-state index contributed by atoms with van der Waals surface area (Å²) in [5, 5.41) is 70.5. The zero-order valence-electron chi connectivity index (χ0n) is 32.4. The van der Waals surface area contributed by atoms with Gasteiger partial charge in [0.15, 0.2) is 5.96 Å². The molecule has 0 unspecified atom stereocenters. The highest BCUT2D eigenvalue weighted by atomic mass is 16.4. The van der Waals surface area contributed by atoms with E-state index in [9.17, 15) is 63.6 Å². The van der Waals surface area contributed by atoms with E-state index in [4.69, 9.17) is 33.1 Å². The predicted octanol–water partition coefficient (Wildman–Crippen LogP) is -7.59. The van der Waals surface area contributed by atoms with Crippen LogP contribution in [0.25, 0.3) is 0 Å². The normalized spacial score (nSPS) is 14.8. The van der Waals surface area contributed by atoms with Crippen molar-refractivity contribution in [2.75, 3.05) is 19.8 Å². The third-order valence-electron chi connectivity index (χ3n) is 8.31. The SMILES string of the molecule is C[C@@H](O)[C@H](NC(=O)[C@@H](N)CC(=O)O)C(=O)N[C@@H](CCCN=C(N)N)C(=O)N[C@@H](Cc1ccc(O)cc1)C(=O)N[C@@H](CCC(N)=O)C(=O)N[C@@H](CO)C(=O)N[C@@H](CO)C(=O)O. The number of aliphatic imine (C=N–C) groups is 1. The van der Waals surface area contributed by atoms with Crippen molar-refractivity contribution in [1.29, 1.82) is 0 Å². The Balaban J connectivity index is 3.53. The van der Waals surface area contributed by atoms with Crippen LogP contribution in [0.1, 0.15) is 44.6 Å². The average Bonchev–Trinajstić information content (AvgIpc) is 3.16. The highest BCUT2D eigenvalue weighted by Crippen LogP contribution is 2.13. The van der Waals surface area contributed by atoms with Gasteiger partial charge < -0.3 is 85.5 Å². The van der Waals surface area contributed by atoms with Gasteiger partial charge in [-0.05, 0) is 43.9 Å². The summed E-state index contributed by atoms with van der Waals surface area (Å²) in [6.45, 7) is -1.07. The summed E-state index contributed by atoms with van der Waals surface area (Å²) in [6.07, 6.45) is -3.98. The number of nitrogens with one attached hydrogen (secondary N) is 6. The zero-order valence-corrected chi connectivity index (χ0v) is 32.4. The van der Waals surface area contributed by atoms with Crippen LogP contribution in [0.3, 0.4) is 0 Å². The fourth-order valence-corrected chi connectivity index (χ4v) is 5.08. The second-order valence-corrected chi connectivity index (χ2v) is 13.3. The van der Waals surface area contributed by atoms with E-state index in [0.717, 1.165) is 6.92 Å². The predicted molar refractivity (Wildman–Crippen MR) is 205 cm³/mol. The van der Waals surface area contributed by atoms with Crippen molar-refractivity contribution in [2.24, 2.45) is 27.9 Å². The second-order valence-electron chi connectivity index (χ2n) is 13.3. The first-order chi connectivity index (χ1) is 28.1. The summed E-state index contributed by atoms with van der Waals surface area (Å²) in [5.41, 5.74) is 21.9. The molecule has 0 saturated carbocycles. The number of hydrogen-bond donors (Lipinski definition) is 16. The number of primary amides is 1. The fraction of sp³-hybridized carbons (Fsp3) is 0.529. The third-order valence-corrected chi connectivity index (χ3v) is 8.31. The van der Waals surface area contributed by atoms with E-state index in [1.54, 1.807) is 0 Å². The molecule has 0 aliphatic heterocycles. The number of phenols is 1. The first-order valence-electron chi connectivity index (χ1n) is 18.1. The molecule has 334 valence electrons. The summed E-state index contributed by atoms with van der Waals surface area (Å²) in [4.78, 5) is 118. The van der Waals surface area contributed by atoms with Crippen LogP contribution in [0, 0.1) is 0 Å². The zero-order chi connectivity index (χ0) is 45.7. The second kappa shape index (κ2) is 25.7. The Hall–Kier alpha value is -6.64. The number of hydrogen-bond acceptors (Lipinski definition) is 15. The number of carboxylic acids is 2. The van der Waals surface area contributed by atoms with Crippen molar-refractivity contribution in [3.05, 3.63) is 29.8 Å². The molecule has 60 heavy (non-hydrogen) atoms. The minimum Gasteiger partial charge on any atom is -0.508 e. The van der Waals surface area contributed by atoms with E-state index in [-0.39, 0.29) is 37.5 Å². The molecule has 0 heterocycles. The van der Waals surface area contributed by atoms with Crippen LogP contribution in [0.15, 0.2) is 29.3 Å². The molecule has 0 radical (unpaired) electrons. The number of phenolic OH excluding ortho intramolecular Hbond substituents is 1. The van der Waals surface area contributed by atoms with Crippen molar-refractivity contribution >= 4 is 59.2 Å². The minimum absolute atomic E-state index is 0.0285. The number of carboxylic acid groups (broad SMARTS) is 2. The molecule has 26 heteroatoms. The monoisotopic (exact) mass is 855 g/mol. The number of carbonyl (C=O) groups excluding carboxylic acids is 7. The van der Waals surface area contributed by atoms with Gasteiger partial charge in [0, 0.05) is 19.4 Å². The molecule has 0 aliphatic rings. The van der Waals surface area contributed by atoms with E-state index in [2.05, 4.69) is 31.6 Å². The number of amides is 7. The molecule has 26 nitrogen and oxygen atoms in total. The summed E-state index contributed by atoms with van der Waals surface area (Å²) >= 11 is 0. The van der Waals surface area contributed by atoms with Crippen molar-refractivity contribution in [3.63, 3.8) is 0 Å². The maximum atomic E-state index is 13.9. The highest BCUT2D eigenvalue weighted by molar-refractivity contribution is 5.97. The van der Waals surface area contributed by atoms with Crippen molar-refractivity contribution in [1.82, 2.24) is 31.9 Å². The van der Waals surface area contributed by atoms with Gasteiger partial charge in [0.1, 0.15) is 42.0 Å². The maximum Gasteiger partial charge on any atom is 0.328 e.